The molecule has 0 spiro atoms. The Morgan fingerprint density at radius 1 is 1.12 bits per heavy atom. The molecule has 0 radical (unpaired) electrons. The largest absolute Gasteiger partial charge is 0.546 e. The summed E-state index contributed by atoms with van der Waals surface area (Å²) in [5, 5.41) is 10.5. The maximum absolute atomic E-state index is 11.9. The molecule has 0 unspecified atom stereocenters. The average Bonchev–Trinajstić information content (AvgIpc) is 2.64. The highest BCUT2D eigenvalue weighted by Crippen LogP contribution is 2.26. The molecule has 0 bridgehead atoms. The van der Waals surface area contributed by atoms with E-state index in [1.54, 1.807) is 43.3 Å². The first kappa shape index (κ1) is 17.8. The second kappa shape index (κ2) is 8.92. The Labute approximate surface area is 144 Å². The Morgan fingerprint density at radius 3 is 2.48 bits per heavy atom. The highest BCUT2D eigenvalue weighted by atomic mass is 16.5. The number of rotatable bonds is 8. The first-order chi connectivity index (χ1) is 12.1. The summed E-state index contributed by atoms with van der Waals surface area (Å²) in [4.78, 5) is 26.2. The average molecular weight is 342 g/mol. The van der Waals surface area contributed by atoms with Crippen molar-refractivity contribution in [2.45, 2.75) is 6.92 Å². The molecule has 0 aliphatic heterocycles. The van der Waals surface area contributed by atoms with Crippen LogP contribution in [0.3, 0.4) is 0 Å². The van der Waals surface area contributed by atoms with Gasteiger partial charge in [-0.3, -0.25) is 20.6 Å². The van der Waals surface area contributed by atoms with Gasteiger partial charge in [-0.25, -0.2) is 0 Å². The molecule has 0 atom stereocenters. The molecule has 1 aromatic carbocycles. The van der Waals surface area contributed by atoms with Crippen LogP contribution in [-0.2, 0) is 4.79 Å². The summed E-state index contributed by atoms with van der Waals surface area (Å²) in [7, 11) is 0. The number of allylic oxidation sites excluding steroid dienone is 1. The lowest BCUT2D eigenvalue weighted by Gasteiger charge is -2.12. The number of nitrogens with zero attached hydrogens (tertiary/aromatic N) is 1. The van der Waals surface area contributed by atoms with Gasteiger partial charge in [0.2, 0.25) is 0 Å². The lowest BCUT2D eigenvalue weighted by Crippen LogP contribution is -2.36. The fourth-order valence-corrected chi connectivity index (χ4v) is 1.72. The van der Waals surface area contributed by atoms with Gasteiger partial charge in [0.15, 0.2) is 11.5 Å². The van der Waals surface area contributed by atoms with Gasteiger partial charge < -0.3 is 19.4 Å². The second-order valence-electron chi connectivity index (χ2n) is 4.84. The summed E-state index contributed by atoms with van der Waals surface area (Å²) in [6.45, 7) is 1.10. The first-order valence-electron chi connectivity index (χ1n) is 7.27. The predicted molar refractivity (Wildman–Crippen MR) is 86.2 cm³/mol. The van der Waals surface area contributed by atoms with Crippen molar-refractivity contribution in [3.63, 3.8) is 0 Å². The summed E-state index contributed by atoms with van der Waals surface area (Å²) in [5.41, 5.74) is 6.17. The van der Waals surface area contributed by atoms with Crippen molar-refractivity contribution in [1.29, 1.82) is 0 Å². The molecule has 2 rings (SSSR count). The molecule has 8 nitrogen and oxygen atoms in total. The molecule has 0 aliphatic rings. The molecule has 1 aromatic heterocycles. The van der Waals surface area contributed by atoms with Gasteiger partial charge in [0.25, 0.3) is 5.91 Å². The Balaban J connectivity index is 1.91. The highest BCUT2D eigenvalue weighted by Gasteiger charge is 2.05. The van der Waals surface area contributed by atoms with Crippen molar-refractivity contribution in [1.82, 2.24) is 15.8 Å². The van der Waals surface area contributed by atoms with E-state index in [0.717, 1.165) is 0 Å². The van der Waals surface area contributed by atoms with Gasteiger partial charge in [-0.15, -0.1) is 0 Å². The van der Waals surface area contributed by atoms with Crippen LogP contribution in [-0.4, -0.2) is 23.5 Å². The van der Waals surface area contributed by atoms with Crippen LogP contribution >= 0.6 is 0 Å². The van der Waals surface area contributed by atoms with Crippen LogP contribution in [0.25, 0.3) is 0 Å². The Kier molecular flexibility index (Phi) is 6.35. The SMILES string of the molecule is C/C(=C/Oc1ccccc1OCC(=O)[O-])NNC(=O)c1ccncc1. The van der Waals surface area contributed by atoms with Crippen LogP contribution in [0.5, 0.6) is 11.5 Å². The minimum atomic E-state index is -1.33. The molecular weight excluding hydrogens is 326 g/mol. The van der Waals surface area contributed by atoms with Crippen molar-refractivity contribution in [3.8, 4) is 11.5 Å². The number of hydrazine groups is 1. The number of amides is 1. The van der Waals surface area contributed by atoms with Gasteiger partial charge in [-0.1, -0.05) is 12.1 Å². The fourth-order valence-electron chi connectivity index (χ4n) is 1.72. The number of pyridine rings is 1. The highest BCUT2D eigenvalue weighted by molar-refractivity contribution is 5.93. The van der Waals surface area contributed by atoms with E-state index < -0.39 is 12.6 Å². The molecule has 0 fully saturated rings. The number of ether oxygens (including phenoxy) is 2. The number of carbonyl (C=O) groups is 2. The minimum Gasteiger partial charge on any atom is -0.546 e. The molecule has 25 heavy (non-hydrogen) atoms. The van der Waals surface area contributed by atoms with E-state index in [4.69, 9.17) is 9.47 Å². The van der Waals surface area contributed by atoms with E-state index in [2.05, 4.69) is 15.8 Å². The number of hydrogen-bond donors (Lipinski definition) is 2. The van der Waals surface area contributed by atoms with Gasteiger partial charge in [0.05, 0.1) is 11.7 Å². The number of aliphatic carboxylic acids is 1. The van der Waals surface area contributed by atoms with Crippen LogP contribution in [0.4, 0.5) is 0 Å². The first-order valence-corrected chi connectivity index (χ1v) is 7.27. The van der Waals surface area contributed by atoms with Gasteiger partial charge in [-0.05, 0) is 31.2 Å². The van der Waals surface area contributed by atoms with Crippen molar-refractivity contribution in [3.05, 3.63) is 66.3 Å². The molecule has 130 valence electrons. The zero-order chi connectivity index (χ0) is 18.1. The molecule has 1 heterocycles. The number of carbonyl (C=O) groups excluding carboxylic acids is 2. The zero-order valence-electron chi connectivity index (χ0n) is 13.4. The van der Waals surface area contributed by atoms with Gasteiger partial charge >= 0.3 is 0 Å². The van der Waals surface area contributed by atoms with Crippen LogP contribution in [0.15, 0.2) is 60.8 Å². The molecule has 2 aromatic rings. The summed E-state index contributed by atoms with van der Waals surface area (Å²) in [5.74, 6) is -1.07. The van der Waals surface area contributed by atoms with E-state index in [1.165, 1.54) is 18.7 Å². The van der Waals surface area contributed by atoms with E-state index in [-0.39, 0.29) is 11.7 Å². The molecule has 2 N–H and O–H groups in total. The Hall–Kier alpha value is -3.55. The monoisotopic (exact) mass is 342 g/mol. The smallest absolute Gasteiger partial charge is 0.269 e. The molecule has 0 saturated carbocycles. The third kappa shape index (κ3) is 5.87. The molecule has 0 aliphatic carbocycles. The van der Waals surface area contributed by atoms with Crippen molar-refractivity contribution >= 4 is 11.9 Å². The van der Waals surface area contributed by atoms with Gasteiger partial charge in [0, 0.05) is 18.0 Å². The predicted octanol–water partition coefficient (Wildman–Crippen LogP) is 0.385. The topological polar surface area (TPSA) is 113 Å². The standard InChI is InChI=1S/C17H17N3O5/c1-12(19-20-17(23)13-6-8-18-9-7-13)10-24-14-4-2-3-5-15(14)25-11-16(21)22/h2-10,19H,11H2,1H3,(H,20,23)(H,21,22)/p-1/b12-10-. The van der Waals surface area contributed by atoms with Crippen LogP contribution in [0.1, 0.15) is 17.3 Å². The van der Waals surface area contributed by atoms with E-state index in [0.29, 0.717) is 17.0 Å². The number of para-hydroxylation sites is 2. The number of nitrogens with one attached hydrogen (secondary N) is 2. The van der Waals surface area contributed by atoms with Crippen LogP contribution in [0.2, 0.25) is 0 Å². The Morgan fingerprint density at radius 2 is 1.80 bits per heavy atom. The summed E-state index contributed by atoms with van der Waals surface area (Å²) in [6, 6.07) is 9.74. The van der Waals surface area contributed by atoms with Crippen LogP contribution in [0, 0.1) is 0 Å². The summed E-state index contributed by atoms with van der Waals surface area (Å²) in [6.07, 6.45) is 4.39. The quantitative estimate of drug-likeness (QED) is 0.527. The zero-order valence-corrected chi connectivity index (χ0v) is 13.4. The van der Waals surface area contributed by atoms with Crippen molar-refractivity contribution in [2.24, 2.45) is 0 Å². The lowest BCUT2D eigenvalue weighted by atomic mass is 10.3. The molecule has 1 amide bonds. The van der Waals surface area contributed by atoms with Gasteiger partial charge in [-0.2, -0.15) is 0 Å². The Bertz CT molecular complexity index is 762. The van der Waals surface area contributed by atoms with E-state index in [9.17, 15) is 14.7 Å². The number of benzene rings is 1. The maximum atomic E-state index is 11.9. The minimum absolute atomic E-state index is 0.261. The molecular formula is C17H16N3O5-. The summed E-state index contributed by atoms with van der Waals surface area (Å²) < 4.78 is 10.5. The summed E-state index contributed by atoms with van der Waals surface area (Å²) >= 11 is 0. The maximum Gasteiger partial charge on any atom is 0.269 e. The number of carboxylic acid groups (broad SMARTS) is 1. The number of carboxylic acids is 1. The fraction of sp³-hybridized carbons (Fsp3) is 0.118. The lowest BCUT2D eigenvalue weighted by molar-refractivity contribution is -0.307. The third-order valence-corrected chi connectivity index (χ3v) is 2.87. The number of aromatic nitrogens is 1. The molecule has 0 saturated heterocycles. The van der Waals surface area contributed by atoms with Gasteiger partial charge in [0.1, 0.15) is 12.9 Å². The molecule has 8 heteroatoms. The second-order valence-corrected chi connectivity index (χ2v) is 4.84. The number of hydrogen-bond acceptors (Lipinski definition) is 7. The van der Waals surface area contributed by atoms with Crippen LogP contribution < -0.4 is 25.4 Å². The van der Waals surface area contributed by atoms with E-state index >= 15 is 0 Å². The van der Waals surface area contributed by atoms with Crippen molar-refractivity contribution in [2.75, 3.05) is 6.61 Å². The normalized spacial score (nSPS) is 10.7. The van der Waals surface area contributed by atoms with Crippen molar-refractivity contribution < 1.29 is 24.2 Å². The third-order valence-electron chi connectivity index (χ3n) is 2.87. The van der Waals surface area contributed by atoms with E-state index in [1.807, 2.05) is 0 Å².